The van der Waals surface area contributed by atoms with Gasteiger partial charge in [0.2, 0.25) is 5.16 Å². The maximum Gasteiger partial charge on any atom is 0.295 e. The first-order valence-corrected chi connectivity index (χ1v) is 10.5. The summed E-state index contributed by atoms with van der Waals surface area (Å²) in [5, 5.41) is 0.320. The highest BCUT2D eigenvalue weighted by Gasteiger charge is 2.19. The average Bonchev–Trinajstić information content (AvgIpc) is 3.05. The van der Waals surface area contributed by atoms with Crippen LogP contribution in [0.25, 0.3) is 22.1 Å². The van der Waals surface area contributed by atoms with Crippen molar-refractivity contribution < 1.29 is 8.42 Å². The summed E-state index contributed by atoms with van der Waals surface area (Å²) >= 11 is 10.8. The van der Waals surface area contributed by atoms with E-state index in [1.807, 2.05) is 35.9 Å². The molecule has 10 heteroatoms. The maximum absolute atomic E-state index is 11.2. The van der Waals surface area contributed by atoms with E-state index in [9.17, 15) is 8.42 Å². The van der Waals surface area contributed by atoms with E-state index in [0.717, 1.165) is 15.8 Å². The Kier molecular flexibility index (Phi) is 5.12. The van der Waals surface area contributed by atoms with Gasteiger partial charge in [0.05, 0.1) is 22.1 Å². The van der Waals surface area contributed by atoms with Gasteiger partial charge in [-0.2, -0.15) is 0 Å². The Hall–Kier alpha value is -1.87. The molecule has 0 saturated heterocycles. The van der Waals surface area contributed by atoms with Gasteiger partial charge in [0, 0.05) is 29.8 Å². The number of imidazole rings is 2. The van der Waals surface area contributed by atoms with Crippen LogP contribution in [0.2, 0.25) is 5.02 Å². The van der Waals surface area contributed by atoms with Crippen molar-refractivity contribution in [2.75, 3.05) is 0 Å². The summed E-state index contributed by atoms with van der Waals surface area (Å²) in [6, 6.07) is 13.0. The second-order valence-corrected chi connectivity index (χ2v) is 8.81. The molecule has 0 aliphatic heterocycles. The molecule has 0 aliphatic carbocycles. The largest absolute Gasteiger partial charge is 0.331 e. The van der Waals surface area contributed by atoms with Gasteiger partial charge >= 0.3 is 0 Å². The first-order valence-electron chi connectivity index (χ1n) is 7.39. The molecule has 136 valence electrons. The number of hydrogen-bond donors (Lipinski definition) is 1. The van der Waals surface area contributed by atoms with Gasteiger partial charge < -0.3 is 14.1 Å². The standard InChI is InChI=1S/C8H6Cl2N2O2S.C8H8N2S/c1-12-7-3-2-5(9)4-6(7)11-8(12)15(10,13)14;1-10-7-5-3-2-4-6(7)9-8(10)11/h2-4H,1H3;2-5H,1H3,(H,9,11). The third-order valence-corrected chi connectivity index (χ3v) is 5.66. The van der Waals surface area contributed by atoms with Gasteiger partial charge in [-0.3, -0.25) is 0 Å². The second-order valence-electron chi connectivity index (χ2n) is 5.53. The lowest BCUT2D eigenvalue weighted by Crippen LogP contribution is -2.01. The minimum atomic E-state index is -3.83. The maximum atomic E-state index is 11.2. The van der Waals surface area contributed by atoms with Crippen molar-refractivity contribution in [3.8, 4) is 0 Å². The number of H-pyrrole nitrogens is 1. The number of hydrogen-bond acceptors (Lipinski definition) is 4. The van der Waals surface area contributed by atoms with Crippen LogP contribution in [-0.4, -0.2) is 27.5 Å². The van der Waals surface area contributed by atoms with Crippen molar-refractivity contribution in [3.63, 3.8) is 0 Å². The monoisotopic (exact) mass is 428 g/mol. The lowest BCUT2D eigenvalue weighted by Gasteiger charge is -1.97. The summed E-state index contributed by atoms with van der Waals surface area (Å²) in [7, 11) is 4.95. The van der Waals surface area contributed by atoms with Crippen LogP contribution in [-0.2, 0) is 23.1 Å². The van der Waals surface area contributed by atoms with Crippen molar-refractivity contribution in [1.29, 1.82) is 0 Å². The molecule has 0 bridgehead atoms. The molecule has 0 amide bonds. The van der Waals surface area contributed by atoms with E-state index in [-0.39, 0.29) is 5.16 Å². The van der Waals surface area contributed by atoms with E-state index < -0.39 is 9.05 Å². The fourth-order valence-electron chi connectivity index (χ4n) is 2.55. The zero-order valence-electron chi connectivity index (χ0n) is 13.8. The van der Waals surface area contributed by atoms with E-state index in [1.54, 1.807) is 25.2 Å². The Morgan fingerprint density at radius 2 is 1.77 bits per heavy atom. The number of nitrogens with zero attached hydrogens (tertiary/aromatic N) is 3. The summed E-state index contributed by atoms with van der Waals surface area (Å²) in [6.45, 7) is 0. The van der Waals surface area contributed by atoms with E-state index in [2.05, 4.69) is 9.97 Å². The quantitative estimate of drug-likeness (QED) is 0.360. The van der Waals surface area contributed by atoms with Crippen LogP contribution >= 0.6 is 34.5 Å². The fraction of sp³-hybridized carbons (Fsp3) is 0.125. The molecule has 2 aromatic carbocycles. The Morgan fingerprint density at radius 1 is 1.08 bits per heavy atom. The van der Waals surface area contributed by atoms with Crippen LogP contribution in [0.5, 0.6) is 0 Å². The number of benzene rings is 2. The van der Waals surface area contributed by atoms with Crippen LogP contribution in [0, 0.1) is 4.77 Å². The summed E-state index contributed by atoms with van der Waals surface area (Å²) in [4.78, 5) is 7.01. The summed E-state index contributed by atoms with van der Waals surface area (Å²) in [5.74, 6) is 0. The molecule has 26 heavy (non-hydrogen) atoms. The molecule has 6 nitrogen and oxygen atoms in total. The minimum Gasteiger partial charge on any atom is -0.331 e. The molecule has 1 N–H and O–H groups in total. The molecule has 0 spiro atoms. The molecule has 2 heterocycles. The Labute approximate surface area is 164 Å². The molecular weight excluding hydrogens is 415 g/mol. The lowest BCUT2D eigenvalue weighted by molar-refractivity contribution is 0.595. The highest BCUT2D eigenvalue weighted by atomic mass is 35.7. The minimum absolute atomic E-state index is 0.179. The summed E-state index contributed by atoms with van der Waals surface area (Å²) in [5.41, 5.74) is 3.42. The number of aromatic nitrogens is 4. The normalized spacial score (nSPS) is 11.5. The van der Waals surface area contributed by atoms with Crippen molar-refractivity contribution in [3.05, 3.63) is 52.3 Å². The Bertz CT molecular complexity index is 1270. The molecule has 0 saturated carbocycles. The van der Waals surface area contributed by atoms with Gasteiger partial charge in [0.25, 0.3) is 9.05 Å². The van der Waals surface area contributed by atoms with Crippen molar-refractivity contribution in [2.24, 2.45) is 14.1 Å². The van der Waals surface area contributed by atoms with Gasteiger partial charge in [-0.05, 0) is 42.5 Å². The fourth-order valence-corrected chi connectivity index (χ4v) is 3.97. The van der Waals surface area contributed by atoms with Gasteiger partial charge in [-0.25, -0.2) is 13.4 Å². The Balaban J connectivity index is 0.000000158. The first kappa shape index (κ1) is 18.9. The third kappa shape index (κ3) is 3.64. The first-order chi connectivity index (χ1) is 12.2. The molecule has 0 fully saturated rings. The van der Waals surface area contributed by atoms with Gasteiger partial charge in [0.1, 0.15) is 0 Å². The summed E-state index contributed by atoms with van der Waals surface area (Å²) in [6.07, 6.45) is 0. The van der Waals surface area contributed by atoms with Crippen molar-refractivity contribution >= 4 is 65.6 Å². The molecule has 0 atom stereocenters. The van der Waals surface area contributed by atoms with Crippen LogP contribution in [0.3, 0.4) is 0 Å². The number of aromatic amines is 1. The molecule has 0 radical (unpaired) electrons. The topological polar surface area (TPSA) is 72.7 Å². The predicted octanol–water partition coefficient (Wildman–Crippen LogP) is 4.39. The molecule has 2 aromatic heterocycles. The van der Waals surface area contributed by atoms with Crippen molar-refractivity contribution in [1.82, 2.24) is 19.1 Å². The average molecular weight is 429 g/mol. The molecular formula is C16H14Cl2N4O2S2. The lowest BCUT2D eigenvalue weighted by atomic mass is 10.3. The second kappa shape index (κ2) is 7.03. The number of aryl methyl sites for hydroxylation is 2. The van der Waals surface area contributed by atoms with Crippen molar-refractivity contribution in [2.45, 2.75) is 5.16 Å². The molecule has 4 aromatic rings. The van der Waals surface area contributed by atoms with Gasteiger partial charge in [-0.1, -0.05) is 23.7 Å². The van der Waals surface area contributed by atoms with E-state index in [1.165, 1.54) is 4.57 Å². The number of halogens is 2. The summed E-state index contributed by atoms with van der Waals surface area (Å²) < 4.78 is 26.5. The van der Waals surface area contributed by atoms with Gasteiger partial charge in [-0.15, -0.1) is 0 Å². The number of para-hydroxylation sites is 2. The zero-order chi connectivity index (χ0) is 19.1. The van der Waals surface area contributed by atoms with Crippen LogP contribution in [0.1, 0.15) is 0 Å². The van der Waals surface area contributed by atoms with E-state index in [4.69, 9.17) is 34.5 Å². The molecule has 0 unspecified atom stereocenters. The number of rotatable bonds is 1. The predicted molar refractivity (Wildman–Crippen MR) is 107 cm³/mol. The number of fused-ring (bicyclic) bond motifs is 2. The van der Waals surface area contributed by atoms with Crippen LogP contribution < -0.4 is 0 Å². The molecule has 0 aliphatic rings. The molecule has 4 rings (SSSR count). The number of nitrogens with one attached hydrogen (secondary N) is 1. The zero-order valence-corrected chi connectivity index (χ0v) is 16.9. The Morgan fingerprint density at radius 3 is 2.42 bits per heavy atom. The third-order valence-electron chi connectivity index (χ3n) is 3.83. The smallest absolute Gasteiger partial charge is 0.295 e. The SMILES string of the molecule is Cn1c(=S)[nH]c2ccccc21.Cn1c(S(=O)(=O)Cl)nc2cc(Cl)ccc21. The van der Waals surface area contributed by atoms with E-state index >= 15 is 0 Å². The van der Waals surface area contributed by atoms with Crippen LogP contribution in [0.15, 0.2) is 47.6 Å². The van der Waals surface area contributed by atoms with E-state index in [0.29, 0.717) is 16.1 Å². The van der Waals surface area contributed by atoms with Crippen LogP contribution in [0.4, 0.5) is 0 Å². The highest BCUT2D eigenvalue weighted by Crippen LogP contribution is 2.23. The highest BCUT2D eigenvalue weighted by molar-refractivity contribution is 8.13. The van der Waals surface area contributed by atoms with Gasteiger partial charge in [0.15, 0.2) is 4.77 Å².